The summed E-state index contributed by atoms with van der Waals surface area (Å²) in [5.74, 6) is -0.833. The maximum Gasteiger partial charge on any atom is 0.255 e. The van der Waals surface area contributed by atoms with Gasteiger partial charge in [0.2, 0.25) is 11.8 Å². The molecule has 0 radical (unpaired) electrons. The highest BCUT2D eigenvalue weighted by molar-refractivity contribution is 6.05. The number of pyridine rings is 1. The lowest BCUT2D eigenvalue weighted by Crippen LogP contribution is -2.57. The number of nitrogens with zero attached hydrogens (tertiary/aromatic N) is 4. The number of ether oxygens (including phenoxy) is 1. The number of nitrogens with one attached hydrogen (secondary N) is 1. The van der Waals surface area contributed by atoms with Crippen molar-refractivity contribution in [2.24, 2.45) is 12.5 Å². The second-order valence-electron chi connectivity index (χ2n) is 11.4. The lowest BCUT2D eigenvalue weighted by molar-refractivity contribution is -0.136. The van der Waals surface area contributed by atoms with Crippen molar-refractivity contribution in [1.29, 1.82) is 0 Å². The average molecular weight is 514 g/mol. The Bertz CT molecular complexity index is 1480. The van der Waals surface area contributed by atoms with Crippen molar-refractivity contribution in [3.8, 4) is 11.3 Å². The second-order valence-corrected chi connectivity index (χ2v) is 11.4. The third-order valence-corrected chi connectivity index (χ3v) is 8.81. The summed E-state index contributed by atoms with van der Waals surface area (Å²) >= 11 is 0. The molecule has 2 aromatic heterocycles. The van der Waals surface area contributed by atoms with E-state index in [1.807, 2.05) is 25.2 Å². The maximum atomic E-state index is 13.1. The highest BCUT2D eigenvalue weighted by atomic mass is 16.5. The lowest BCUT2D eigenvalue weighted by Gasteiger charge is -2.52. The molecule has 3 amide bonds. The molecular weight excluding hydrogens is 482 g/mol. The van der Waals surface area contributed by atoms with Crippen LogP contribution in [0.2, 0.25) is 0 Å². The summed E-state index contributed by atoms with van der Waals surface area (Å²) in [6, 6.07) is 9.54. The molecule has 9 nitrogen and oxygen atoms in total. The predicted molar refractivity (Wildman–Crippen MR) is 140 cm³/mol. The number of aromatic nitrogens is 2. The van der Waals surface area contributed by atoms with Gasteiger partial charge in [0.05, 0.1) is 5.69 Å². The van der Waals surface area contributed by atoms with Gasteiger partial charge in [0, 0.05) is 81.0 Å². The summed E-state index contributed by atoms with van der Waals surface area (Å²) in [6.07, 6.45) is 4.96. The van der Waals surface area contributed by atoms with Crippen LogP contribution in [0.25, 0.3) is 22.3 Å². The molecule has 3 aromatic rings. The molecule has 38 heavy (non-hydrogen) atoms. The minimum atomic E-state index is -0.615. The van der Waals surface area contributed by atoms with Gasteiger partial charge < -0.3 is 14.2 Å². The molecule has 0 saturated carbocycles. The van der Waals surface area contributed by atoms with Crippen molar-refractivity contribution >= 4 is 28.8 Å². The van der Waals surface area contributed by atoms with Crippen LogP contribution in [0.1, 0.15) is 47.2 Å². The maximum absolute atomic E-state index is 13.1. The predicted octanol–water partition coefficient (Wildman–Crippen LogP) is 2.61. The Balaban J connectivity index is 1.16. The second kappa shape index (κ2) is 8.74. The summed E-state index contributed by atoms with van der Waals surface area (Å²) in [7, 11) is 2.02. The molecule has 1 unspecified atom stereocenters. The molecule has 4 aliphatic rings. The Kier molecular flexibility index (Phi) is 5.42. The van der Waals surface area contributed by atoms with Crippen LogP contribution < -0.4 is 5.32 Å². The molecule has 6 heterocycles. The molecule has 1 spiro atoms. The van der Waals surface area contributed by atoms with E-state index < -0.39 is 11.9 Å². The molecule has 3 fully saturated rings. The largest absolute Gasteiger partial charge is 0.381 e. The van der Waals surface area contributed by atoms with Gasteiger partial charge in [0.1, 0.15) is 11.7 Å². The van der Waals surface area contributed by atoms with Gasteiger partial charge in [0.15, 0.2) is 0 Å². The van der Waals surface area contributed by atoms with Gasteiger partial charge in [-0.3, -0.25) is 24.6 Å². The number of aryl methyl sites for hydroxylation is 1. The van der Waals surface area contributed by atoms with Crippen molar-refractivity contribution in [3.05, 3.63) is 53.2 Å². The SMILES string of the molecule is Cn1ccc2c(CN3CC4(CCOCC4)C3)cc(-c3ccc4c(c3)CN(C3CCC(=O)NC3=O)C4=O)nc21. The van der Waals surface area contributed by atoms with Gasteiger partial charge in [0.25, 0.3) is 5.91 Å². The first kappa shape index (κ1) is 23.5. The van der Waals surface area contributed by atoms with Gasteiger partial charge >= 0.3 is 0 Å². The number of carbonyl (C=O) groups is 3. The van der Waals surface area contributed by atoms with Crippen LogP contribution in [-0.2, 0) is 34.5 Å². The van der Waals surface area contributed by atoms with Crippen LogP contribution >= 0.6 is 0 Å². The van der Waals surface area contributed by atoms with Crippen LogP contribution in [0, 0.1) is 5.41 Å². The normalized spacial score (nSPS) is 23.1. The number of hydrogen-bond donors (Lipinski definition) is 1. The number of benzene rings is 1. The number of piperidine rings is 1. The Hall–Kier alpha value is -3.56. The van der Waals surface area contributed by atoms with E-state index in [1.54, 1.807) is 4.90 Å². The molecule has 1 atom stereocenters. The molecule has 4 aliphatic heterocycles. The third-order valence-electron chi connectivity index (χ3n) is 8.81. The number of hydrogen-bond acceptors (Lipinski definition) is 6. The van der Waals surface area contributed by atoms with Crippen molar-refractivity contribution in [2.75, 3.05) is 26.3 Å². The van der Waals surface area contributed by atoms with E-state index in [2.05, 4.69) is 33.1 Å². The number of amides is 3. The molecule has 7 rings (SSSR count). The number of carbonyl (C=O) groups excluding carboxylic acids is 3. The van der Waals surface area contributed by atoms with Crippen LogP contribution in [0.15, 0.2) is 36.5 Å². The molecule has 0 bridgehead atoms. The zero-order valence-corrected chi connectivity index (χ0v) is 21.5. The summed E-state index contributed by atoms with van der Waals surface area (Å²) in [6.45, 7) is 5.20. The quantitative estimate of drug-likeness (QED) is 0.539. The minimum Gasteiger partial charge on any atom is -0.381 e. The average Bonchev–Trinajstić information content (AvgIpc) is 3.43. The summed E-state index contributed by atoms with van der Waals surface area (Å²) in [4.78, 5) is 46.2. The van der Waals surface area contributed by atoms with Crippen LogP contribution in [0.5, 0.6) is 0 Å². The van der Waals surface area contributed by atoms with E-state index in [4.69, 9.17) is 9.72 Å². The smallest absolute Gasteiger partial charge is 0.255 e. The summed E-state index contributed by atoms with van der Waals surface area (Å²) in [5, 5.41) is 3.54. The number of rotatable bonds is 4. The van der Waals surface area contributed by atoms with Gasteiger partial charge in [-0.2, -0.15) is 0 Å². The Morgan fingerprint density at radius 1 is 1.11 bits per heavy atom. The molecule has 3 saturated heterocycles. The summed E-state index contributed by atoms with van der Waals surface area (Å²) in [5.41, 5.74) is 5.96. The lowest BCUT2D eigenvalue weighted by atomic mass is 9.73. The van der Waals surface area contributed by atoms with Crippen molar-refractivity contribution in [2.45, 2.75) is 44.8 Å². The first-order valence-corrected chi connectivity index (χ1v) is 13.4. The van der Waals surface area contributed by atoms with E-state index >= 15 is 0 Å². The van der Waals surface area contributed by atoms with Gasteiger partial charge in [-0.05, 0) is 54.7 Å². The highest BCUT2D eigenvalue weighted by Gasteiger charge is 2.44. The third kappa shape index (κ3) is 3.84. The Morgan fingerprint density at radius 2 is 1.92 bits per heavy atom. The molecule has 0 aliphatic carbocycles. The van der Waals surface area contributed by atoms with Crippen molar-refractivity contribution in [3.63, 3.8) is 0 Å². The van der Waals surface area contributed by atoms with E-state index in [0.29, 0.717) is 23.9 Å². The van der Waals surface area contributed by atoms with E-state index in [-0.39, 0.29) is 18.2 Å². The topological polar surface area (TPSA) is 96.8 Å². The van der Waals surface area contributed by atoms with E-state index in [9.17, 15) is 14.4 Å². The minimum absolute atomic E-state index is 0.160. The first-order valence-electron chi connectivity index (χ1n) is 13.4. The monoisotopic (exact) mass is 513 g/mol. The highest BCUT2D eigenvalue weighted by Crippen LogP contribution is 2.41. The van der Waals surface area contributed by atoms with Crippen molar-refractivity contribution < 1.29 is 19.1 Å². The fourth-order valence-electron chi connectivity index (χ4n) is 6.69. The fraction of sp³-hybridized carbons (Fsp3) is 0.448. The standard InChI is InChI=1S/C29H31N5O4/c1-32-9-6-21-20(14-33-16-29(17-33)7-10-38-11-8-29)13-23(30-26(21)32)18-2-3-22-19(12-18)15-34(28(22)37)24-4-5-25(35)31-27(24)36/h2-3,6,9,12-13,24H,4-5,7-8,10-11,14-17H2,1H3,(H,31,35,36). The van der Waals surface area contributed by atoms with E-state index in [0.717, 1.165) is 68.2 Å². The molecule has 1 aromatic carbocycles. The number of imide groups is 1. The molecule has 1 N–H and O–H groups in total. The molecule has 9 heteroatoms. The number of fused-ring (bicyclic) bond motifs is 2. The summed E-state index contributed by atoms with van der Waals surface area (Å²) < 4.78 is 7.64. The molecule has 196 valence electrons. The zero-order chi connectivity index (χ0) is 26.0. The number of likely N-dealkylation sites (tertiary alicyclic amines) is 1. The van der Waals surface area contributed by atoms with Gasteiger partial charge in [-0.25, -0.2) is 4.98 Å². The van der Waals surface area contributed by atoms with Crippen molar-refractivity contribution in [1.82, 2.24) is 24.7 Å². The zero-order valence-electron chi connectivity index (χ0n) is 21.5. The first-order chi connectivity index (χ1) is 18.4. The van der Waals surface area contributed by atoms with Gasteiger partial charge in [-0.15, -0.1) is 0 Å². The molecular formula is C29H31N5O4. The Morgan fingerprint density at radius 3 is 2.71 bits per heavy atom. The fourth-order valence-corrected chi connectivity index (χ4v) is 6.69. The van der Waals surface area contributed by atoms with Crippen LogP contribution in [0.3, 0.4) is 0 Å². The van der Waals surface area contributed by atoms with Crippen LogP contribution in [0.4, 0.5) is 0 Å². The van der Waals surface area contributed by atoms with Gasteiger partial charge in [-0.1, -0.05) is 6.07 Å². The van der Waals surface area contributed by atoms with E-state index in [1.165, 1.54) is 10.9 Å². The van der Waals surface area contributed by atoms with Crippen LogP contribution in [-0.4, -0.2) is 69.4 Å². The Labute approximate surface area is 220 Å².